The molecule has 0 atom stereocenters. The molecule has 0 amide bonds. The Balaban J connectivity index is 1.26. The molecule has 160 valence electrons. The summed E-state index contributed by atoms with van der Waals surface area (Å²) in [5, 5.41) is 11.1. The number of rotatable bonds is 6. The van der Waals surface area contributed by atoms with Gasteiger partial charge in [0.15, 0.2) is 5.65 Å². The summed E-state index contributed by atoms with van der Waals surface area (Å²) in [5.74, 6) is 1.76. The van der Waals surface area contributed by atoms with Crippen LogP contribution >= 0.6 is 0 Å². The Hall–Kier alpha value is -4.08. The van der Waals surface area contributed by atoms with Crippen molar-refractivity contribution >= 4 is 17.1 Å². The van der Waals surface area contributed by atoms with Crippen LogP contribution in [0.2, 0.25) is 0 Å². The predicted molar refractivity (Wildman–Crippen MR) is 115 cm³/mol. The molecule has 1 aliphatic rings. The quantitative estimate of drug-likeness (QED) is 0.418. The second kappa shape index (κ2) is 7.26. The average molecular weight is 430 g/mol. The van der Waals surface area contributed by atoms with Crippen molar-refractivity contribution in [2.75, 3.05) is 5.32 Å². The Morgan fingerprint density at radius 3 is 2.91 bits per heavy atom. The Morgan fingerprint density at radius 1 is 1.22 bits per heavy atom. The molecule has 1 saturated carbocycles. The van der Waals surface area contributed by atoms with Crippen LogP contribution in [0.15, 0.2) is 47.4 Å². The maximum atomic E-state index is 14.9. The lowest BCUT2D eigenvalue weighted by molar-refractivity contribution is 0.380. The number of halogens is 1. The summed E-state index contributed by atoms with van der Waals surface area (Å²) < 4.78 is 21.8. The largest absolute Gasteiger partial charge is 0.347 e. The van der Waals surface area contributed by atoms with Gasteiger partial charge < -0.3 is 14.8 Å². The highest BCUT2D eigenvalue weighted by atomic mass is 19.1. The average Bonchev–Trinajstić information content (AvgIpc) is 3.18. The summed E-state index contributed by atoms with van der Waals surface area (Å²) in [6.45, 7) is 0.261. The molecule has 0 bridgehead atoms. The topological polar surface area (TPSA) is 110 Å². The number of aromatic nitrogens is 7. The lowest BCUT2D eigenvalue weighted by atomic mass is 10.0. The van der Waals surface area contributed by atoms with E-state index in [-0.39, 0.29) is 12.4 Å². The van der Waals surface area contributed by atoms with Gasteiger partial charge in [-0.1, -0.05) is 12.1 Å². The van der Waals surface area contributed by atoms with Gasteiger partial charge in [0.1, 0.15) is 11.6 Å². The minimum Gasteiger partial charge on any atom is -0.347 e. The molecule has 9 nitrogen and oxygen atoms in total. The van der Waals surface area contributed by atoms with Crippen LogP contribution in [0, 0.1) is 5.82 Å². The molecule has 0 radical (unpaired) electrons. The van der Waals surface area contributed by atoms with Gasteiger partial charge in [0, 0.05) is 43.0 Å². The number of aryl methyl sites for hydroxylation is 1. The molecule has 0 spiro atoms. The number of anilines is 1. The van der Waals surface area contributed by atoms with E-state index in [2.05, 4.69) is 35.5 Å². The SMILES string of the molecule is Cn1cc(-c2nc3nccc(-c4ccc(CNc5noc(C6CC6)n5)c(F)c4)c3[nH]2)cn1. The number of fused-ring (bicyclic) bond motifs is 1. The molecule has 10 heteroatoms. The molecular formula is C22H19FN8O. The van der Waals surface area contributed by atoms with E-state index in [1.807, 2.05) is 25.4 Å². The van der Waals surface area contributed by atoms with Crippen LogP contribution in [0.1, 0.15) is 30.2 Å². The Bertz CT molecular complexity index is 1430. The van der Waals surface area contributed by atoms with Gasteiger partial charge in [-0.05, 0) is 35.7 Å². The fourth-order valence-corrected chi connectivity index (χ4v) is 3.67. The van der Waals surface area contributed by atoms with Gasteiger partial charge in [-0.2, -0.15) is 10.1 Å². The van der Waals surface area contributed by atoms with Crippen molar-refractivity contribution in [3.8, 4) is 22.5 Å². The Morgan fingerprint density at radius 2 is 2.12 bits per heavy atom. The van der Waals surface area contributed by atoms with Crippen LogP contribution in [-0.4, -0.2) is 34.9 Å². The Labute approximate surface area is 181 Å². The second-order valence-electron chi connectivity index (χ2n) is 7.94. The lowest BCUT2D eigenvalue weighted by Gasteiger charge is -2.07. The zero-order chi connectivity index (χ0) is 21.7. The van der Waals surface area contributed by atoms with E-state index in [1.165, 1.54) is 6.07 Å². The number of hydrogen-bond acceptors (Lipinski definition) is 7. The first-order valence-corrected chi connectivity index (χ1v) is 10.3. The van der Waals surface area contributed by atoms with Crippen LogP contribution in [0.3, 0.4) is 0 Å². The van der Waals surface area contributed by atoms with Crippen molar-refractivity contribution in [1.29, 1.82) is 0 Å². The minimum atomic E-state index is -0.321. The monoisotopic (exact) mass is 430 g/mol. The summed E-state index contributed by atoms with van der Waals surface area (Å²) in [5.41, 5.74) is 4.24. The highest BCUT2D eigenvalue weighted by molar-refractivity contribution is 5.91. The maximum absolute atomic E-state index is 14.9. The molecule has 0 unspecified atom stereocenters. The van der Waals surface area contributed by atoms with Gasteiger partial charge in [0.2, 0.25) is 5.89 Å². The fraction of sp³-hybridized carbons (Fsp3) is 0.227. The number of hydrogen-bond donors (Lipinski definition) is 2. The zero-order valence-corrected chi connectivity index (χ0v) is 17.2. The second-order valence-corrected chi connectivity index (χ2v) is 7.94. The standard InChI is InChI=1S/C22H19FN8O/c1-31-11-15(10-26-31)19-27-18-16(6-7-24-20(18)28-19)13-4-5-14(17(23)8-13)9-25-22-29-21(32-30-22)12-2-3-12/h4-8,10-12H,2-3,9H2,1H3,(H,25,30)(H,24,27,28). The first kappa shape index (κ1) is 18.7. The first-order valence-electron chi connectivity index (χ1n) is 10.3. The van der Waals surface area contributed by atoms with Gasteiger partial charge in [-0.3, -0.25) is 4.68 Å². The third kappa shape index (κ3) is 3.39. The number of imidazole rings is 1. The number of pyridine rings is 1. The van der Waals surface area contributed by atoms with E-state index in [9.17, 15) is 4.39 Å². The number of benzene rings is 1. The van der Waals surface area contributed by atoms with Crippen LogP contribution in [0.4, 0.5) is 10.3 Å². The summed E-state index contributed by atoms with van der Waals surface area (Å²) >= 11 is 0. The molecule has 6 rings (SSSR count). The number of H-pyrrole nitrogens is 1. The molecule has 4 aromatic heterocycles. The van der Waals surface area contributed by atoms with Crippen LogP contribution in [0.5, 0.6) is 0 Å². The van der Waals surface area contributed by atoms with Crippen LogP contribution in [-0.2, 0) is 13.6 Å². The molecule has 0 saturated heterocycles. The summed E-state index contributed by atoms with van der Waals surface area (Å²) in [6, 6.07) is 7.00. The van der Waals surface area contributed by atoms with Gasteiger partial charge in [0.05, 0.1) is 17.3 Å². The van der Waals surface area contributed by atoms with Crippen molar-refractivity contribution in [1.82, 2.24) is 34.9 Å². The molecule has 32 heavy (non-hydrogen) atoms. The molecular weight excluding hydrogens is 411 g/mol. The normalized spacial score (nSPS) is 13.7. The molecule has 1 fully saturated rings. The van der Waals surface area contributed by atoms with E-state index in [0.717, 1.165) is 35.0 Å². The number of nitrogens with one attached hydrogen (secondary N) is 2. The minimum absolute atomic E-state index is 0.261. The first-order chi connectivity index (χ1) is 15.6. The molecule has 1 aliphatic carbocycles. The predicted octanol–water partition coefficient (Wildman–Crippen LogP) is 4.04. The maximum Gasteiger partial charge on any atom is 0.263 e. The van der Waals surface area contributed by atoms with Crippen molar-refractivity contribution in [3.05, 3.63) is 60.1 Å². The van der Waals surface area contributed by atoms with E-state index in [1.54, 1.807) is 23.1 Å². The van der Waals surface area contributed by atoms with E-state index in [0.29, 0.717) is 34.8 Å². The molecule has 5 aromatic rings. The summed E-state index contributed by atoms with van der Waals surface area (Å²) in [6.07, 6.45) is 7.44. The van der Waals surface area contributed by atoms with E-state index in [4.69, 9.17) is 4.52 Å². The smallest absolute Gasteiger partial charge is 0.263 e. The van der Waals surface area contributed by atoms with Crippen molar-refractivity contribution in [2.45, 2.75) is 25.3 Å². The molecule has 4 heterocycles. The van der Waals surface area contributed by atoms with E-state index >= 15 is 0 Å². The van der Waals surface area contributed by atoms with Crippen molar-refractivity contribution < 1.29 is 8.91 Å². The van der Waals surface area contributed by atoms with Gasteiger partial charge in [-0.25, -0.2) is 14.4 Å². The molecule has 2 N–H and O–H groups in total. The zero-order valence-electron chi connectivity index (χ0n) is 17.2. The van der Waals surface area contributed by atoms with Crippen molar-refractivity contribution in [2.24, 2.45) is 7.05 Å². The van der Waals surface area contributed by atoms with Gasteiger partial charge in [0.25, 0.3) is 5.95 Å². The van der Waals surface area contributed by atoms with Gasteiger partial charge in [-0.15, -0.1) is 0 Å². The van der Waals surface area contributed by atoms with Crippen LogP contribution in [0.25, 0.3) is 33.7 Å². The number of aromatic amines is 1. The fourth-order valence-electron chi connectivity index (χ4n) is 3.67. The number of nitrogens with zero attached hydrogens (tertiary/aromatic N) is 6. The Kier molecular flexibility index (Phi) is 4.23. The molecule has 0 aliphatic heterocycles. The third-order valence-corrected chi connectivity index (χ3v) is 5.54. The van der Waals surface area contributed by atoms with Gasteiger partial charge >= 0.3 is 0 Å². The summed E-state index contributed by atoms with van der Waals surface area (Å²) in [7, 11) is 1.85. The summed E-state index contributed by atoms with van der Waals surface area (Å²) in [4.78, 5) is 16.5. The highest BCUT2D eigenvalue weighted by Crippen LogP contribution is 2.39. The molecule has 1 aromatic carbocycles. The lowest BCUT2D eigenvalue weighted by Crippen LogP contribution is -2.03. The third-order valence-electron chi connectivity index (χ3n) is 5.54. The van der Waals surface area contributed by atoms with Crippen LogP contribution < -0.4 is 5.32 Å². The van der Waals surface area contributed by atoms with E-state index < -0.39 is 0 Å². The van der Waals surface area contributed by atoms with Crippen molar-refractivity contribution in [3.63, 3.8) is 0 Å². The highest BCUT2D eigenvalue weighted by Gasteiger charge is 2.29.